The summed E-state index contributed by atoms with van der Waals surface area (Å²) in [6, 6.07) is 0. The molecule has 0 aromatic heterocycles. The van der Waals surface area contributed by atoms with Crippen molar-refractivity contribution >= 4 is 0 Å². The van der Waals surface area contributed by atoms with Crippen molar-refractivity contribution in [1.29, 1.82) is 0 Å². The summed E-state index contributed by atoms with van der Waals surface area (Å²) in [5.41, 5.74) is 4.77. The maximum absolute atomic E-state index is 2.84. The predicted octanol–water partition coefficient (Wildman–Crippen LogP) is 8.81. The lowest BCUT2D eigenvalue weighted by atomic mass is 9.37. The molecule has 0 spiro atoms. The van der Waals surface area contributed by atoms with Crippen molar-refractivity contribution in [1.82, 2.24) is 0 Å². The van der Waals surface area contributed by atoms with E-state index in [1.54, 1.807) is 0 Å². The largest absolute Gasteiger partial charge is 0.0844 e. The van der Waals surface area contributed by atoms with E-state index in [-0.39, 0.29) is 0 Å². The molecule has 4 fully saturated rings. The summed E-state index contributed by atoms with van der Waals surface area (Å²) in [7, 11) is 0. The fourth-order valence-electron chi connectivity index (χ4n) is 10.3. The van der Waals surface area contributed by atoms with Crippen LogP contribution in [0.1, 0.15) is 119 Å². The van der Waals surface area contributed by atoms with Crippen molar-refractivity contribution in [3.05, 3.63) is 11.6 Å². The van der Waals surface area contributed by atoms with Crippen molar-refractivity contribution in [2.75, 3.05) is 0 Å². The maximum Gasteiger partial charge on any atom is -0.0141 e. The van der Waals surface area contributed by atoms with Crippen molar-refractivity contribution in [3.63, 3.8) is 0 Å². The zero-order valence-electron chi connectivity index (χ0n) is 20.7. The van der Waals surface area contributed by atoms with E-state index < -0.39 is 0 Å². The normalized spacial score (nSPS) is 53.0. The molecule has 0 amide bonds. The van der Waals surface area contributed by atoms with Gasteiger partial charge >= 0.3 is 0 Å². The maximum atomic E-state index is 2.84. The van der Waals surface area contributed by atoms with Crippen LogP contribution in [-0.2, 0) is 0 Å². The monoisotopic (exact) mass is 396 g/mol. The van der Waals surface area contributed by atoms with Crippen molar-refractivity contribution in [2.45, 2.75) is 119 Å². The summed E-state index contributed by atoms with van der Waals surface area (Å²) in [4.78, 5) is 0. The average molecular weight is 397 g/mol. The molecule has 0 aromatic rings. The number of allylic oxidation sites excluding steroid dienone is 2. The minimum Gasteiger partial charge on any atom is -0.0844 e. The van der Waals surface area contributed by atoms with Gasteiger partial charge in [-0.25, -0.2) is 0 Å². The van der Waals surface area contributed by atoms with Gasteiger partial charge in [-0.15, -0.1) is 0 Å². The molecule has 5 aliphatic carbocycles. The predicted molar refractivity (Wildman–Crippen MR) is 125 cm³/mol. The summed E-state index contributed by atoms with van der Waals surface area (Å²) in [6.07, 6.45) is 18.9. The van der Waals surface area contributed by atoms with Crippen LogP contribution in [0.15, 0.2) is 11.6 Å². The van der Waals surface area contributed by atoms with Crippen molar-refractivity contribution < 1.29 is 0 Å². The molecule has 0 heterocycles. The zero-order valence-corrected chi connectivity index (χ0v) is 20.7. The first-order chi connectivity index (χ1) is 13.4. The Bertz CT molecular complexity index is 710. The molecular formula is C29H48. The first-order valence-corrected chi connectivity index (χ1v) is 13.1. The molecule has 0 bridgehead atoms. The van der Waals surface area contributed by atoms with Crippen LogP contribution < -0.4 is 0 Å². The molecular weight excluding hydrogens is 348 g/mol. The zero-order chi connectivity index (χ0) is 20.9. The standard InChI is InChI=1S/C29H48/c1-25(2)17-18-27(5)15-11-21-20(22(27)19-25)9-10-24-28(21,6)16-12-23-26(3,4)13-8-14-29(23,24)7/h9,21-24H,8,10-19H2,1-7H3/t21-,22+,23+,24+,27+,28+,29+/m1/s1. The SMILES string of the molecule is CC1(C)CC[C@]2(C)CC[C@@H]3C(=CC[C@H]4[C@@]3(C)CC[C@H]3C(C)(C)CCC[C@]43C)[C@@H]2C1. The van der Waals surface area contributed by atoms with E-state index in [0.717, 1.165) is 23.7 Å². The molecule has 5 rings (SSSR count). The highest BCUT2D eigenvalue weighted by molar-refractivity contribution is 5.28. The molecule has 164 valence electrons. The first-order valence-electron chi connectivity index (χ1n) is 13.1. The van der Waals surface area contributed by atoms with E-state index in [1.807, 2.05) is 5.57 Å². The van der Waals surface area contributed by atoms with Gasteiger partial charge in [0.05, 0.1) is 0 Å². The third-order valence-electron chi connectivity index (χ3n) is 12.0. The molecule has 0 saturated heterocycles. The lowest BCUT2D eigenvalue weighted by molar-refractivity contribution is -0.154. The fourth-order valence-corrected chi connectivity index (χ4v) is 10.3. The van der Waals surface area contributed by atoms with Crippen LogP contribution in [0.3, 0.4) is 0 Å². The second kappa shape index (κ2) is 6.16. The van der Waals surface area contributed by atoms with Gasteiger partial charge in [0.25, 0.3) is 0 Å². The molecule has 0 radical (unpaired) electrons. The third-order valence-corrected chi connectivity index (χ3v) is 12.0. The summed E-state index contributed by atoms with van der Waals surface area (Å²) < 4.78 is 0. The minimum absolute atomic E-state index is 0.543. The van der Waals surface area contributed by atoms with E-state index >= 15 is 0 Å². The Balaban J connectivity index is 1.53. The molecule has 0 nitrogen and oxygen atoms in total. The molecule has 0 unspecified atom stereocenters. The molecule has 29 heavy (non-hydrogen) atoms. The molecule has 7 atom stereocenters. The summed E-state index contributed by atoms with van der Waals surface area (Å²) in [6.45, 7) is 18.4. The van der Waals surface area contributed by atoms with Crippen molar-refractivity contribution in [2.24, 2.45) is 50.7 Å². The summed E-state index contributed by atoms with van der Waals surface area (Å²) in [5.74, 6) is 3.62. The van der Waals surface area contributed by atoms with Crippen LogP contribution in [0, 0.1) is 50.7 Å². The summed E-state index contributed by atoms with van der Waals surface area (Å²) in [5, 5.41) is 0. The fraction of sp³-hybridized carbons (Fsp3) is 0.931. The quantitative estimate of drug-likeness (QED) is 0.359. The van der Waals surface area contributed by atoms with Crippen LogP contribution in [0.4, 0.5) is 0 Å². The number of hydrogen-bond acceptors (Lipinski definition) is 0. The number of fused-ring (bicyclic) bond motifs is 7. The number of hydrogen-bond donors (Lipinski definition) is 0. The Kier molecular flexibility index (Phi) is 4.38. The van der Waals surface area contributed by atoms with E-state index in [9.17, 15) is 0 Å². The van der Waals surface area contributed by atoms with Crippen LogP contribution >= 0.6 is 0 Å². The highest BCUT2D eigenvalue weighted by atomic mass is 14.7. The van der Waals surface area contributed by atoms with Gasteiger partial charge in [-0.2, -0.15) is 0 Å². The van der Waals surface area contributed by atoms with Gasteiger partial charge in [0.15, 0.2) is 0 Å². The van der Waals surface area contributed by atoms with Gasteiger partial charge in [-0.1, -0.05) is 66.5 Å². The minimum atomic E-state index is 0.543. The molecule has 0 aliphatic heterocycles. The van der Waals surface area contributed by atoms with Gasteiger partial charge in [0.2, 0.25) is 0 Å². The molecule has 0 aromatic carbocycles. The molecule has 5 aliphatic rings. The third kappa shape index (κ3) is 2.82. The van der Waals surface area contributed by atoms with Gasteiger partial charge in [0, 0.05) is 0 Å². The van der Waals surface area contributed by atoms with E-state index in [1.165, 1.54) is 70.6 Å². The number of rotatable bonds is 0. The van der Waals surface area contributed by atoms with E-state index in [0.29, 0.717) is 27.1 Å². The topological polar surface area (TPSA) is 0 Å². The van der Waals surface area contributed by atoms with Crippen molar-refractivity contribution in [3.8, 4) is 0 Å². The van der Waals surface area contributed by atoms with Crippen LogP contribution in [-0.4, -0.2) is 0 Å². The Morgan fingerprint density at radius 1 is 0.690 bits per heavy atom. The first kappa shape index (κ1) is 20.6. The van der Waals surface area contributed by atoms with Crippen LogP contribution in [0.25, 0.3) is 0 Å². The highest BCUT2D eigenvalue weighted by Crippen LogP contribution is 2.71. The lowest BCUT2D eigenvalue weighted by Crippen LogP contribution is -2.59. The smallest absolute Gasteiger partial charge is 0.0141 e. The van der Waals surface area contributed by atoms with E-state index in [2.05, 4.69) is 54.5 Å². The Morgan fingerprint density at radius 2 is 1.45 bits per heavy atom. The van der Waals surface area contributed by atoms with Gasteiger partial charge in [0.1, 0.15) is 0 Å². The Labute approximate surface area is 181 Å². The van der Waals surface area contributed by atoms with Gasteiger partial charge in [-0.3, -0.25) is 0 Å². The molecule has 4 saturated carbocycles. The second-order valence-corrected chi connectivity index (χ2v) is 14.6. The Morgan fingerprint density at radius 3 is 2.21 bits per heavy atom. The van der Waals surface area contributed by atoms with Gasteiger partial charge < -0.3 is 0 Å². The van der Waals surface area contributed by atoms with Crippen LogP contribution in [0.5, 0.6) is 0 Å². The van der Waals surface area contributed by atoms with E-state index in [4.69, 9.17) is 0 Å². The molecule has 0 N–H and O–H groups in total. The highest BCUT2D eigenvalue weighted by Gasteiger charge is 2.63. The lowest BCUT2D eigenvalue weighted by Gasteiger charge is -2.67. The van der Waals surface area contributed by atoms with Gasteiger partial charge in [-0.05, 0) is 115 Å². The average Bonchev–Trinajstić information content (AvgIpc) is 2.61. The second-order valence-electron chi connectivity index (χ2n) is 14.6. The van der Waals surface area contributed by atoms with Crippen LogP contribution in [0.2, 0.25) is 0 Å². The summed E-state index contributed by atoms with van der Waals surface area (Å²) >= 11 is 0. The molecule has 0 heteroatoms. The Hall–Kier alpha value is -0.260.